The van der Waals surface area contributed by atoms with Crippen molar-refractivity contribution in [2.75, 3.05) is 19.3 Å². The van der Waals surface area contributed by atoms with Gasteiger partial charge < -0.3 is 14.8 Å². The number of imidazole rings is 1. The van der Waals surface area contributed by atoms with Crippen molar-refractivity contribution >= 4 is 28.9 Å². The van der Waals surface area contributed by atoms with E-state index in [9.17, 15) is 4.79 Å². The molecule has 2 fully saturated rings. The highest BCUT2D eigenvalue weighted by Gasteiger charge is 2.22. The van der Waals surface area contributed by atoms with Crippen LogP contribution < -0.4 is 5.32 Å². The molecule has 2 aromatic heterocycles. The summed E-state index contributed by atoms with van der Waals surface area (Å²) < 4.78 is 7.65. The van der Waals surface area contributed by atoms with Crippen molar-refractivity contribution in [1.82, 2.24) is 24.7 Å². The summed E-state index contributed by atoms with van der Waals surface area (Å²) in [5.41, 5.74) is 4.81. The molecule has 1 amide bonds. The molecule has 32 heavy (non-hydrogen) atoms. The van der Waals surface area contributed by atoms with Crippen LogP contribution in [0.5, 0.6) is 0 Å². The van der Waals surface area contributed by atoms with Crippen molar-refractivity contribution in [3.63, 3.8) is 0 Å². The van der Waals surface area contributed by atoms with Gasteiger partial charge in [0.25, 0.3) is 0 Å². The monoisotopic (exact) mass is 457 g/mol. The number of amides is 1. The number of fused-ring (bicyclic) bond motifs is 1. The number of H-pyrrole nitrogens is 1. The number of hydrogen-bond donors (Lipinski definition) is 2. The van der Waals surface area contributed by atoms with Gasteiger partial charge in [-0.3, -0.25) is 9.10 Å². The van der Waals surface area contributed by atoms with Gasteiger partial charge in [-0.15, -0.1) is 0 Å². The maximum absolute atomic E-state index is 11.6. The van der Waals surface area contributed by atoms with Crippen molar-refractivity contribution in [3.05, 3.63) is 35.5 Å². The predicted molar refractivity (Wildman–Crippen MR) is 131 cm³/mol. The van der Waals surface area contributed by atoms with Crippen LogP contribution in [0.1, 0.15) is 69.3 Å². The smallest absolute Gasteiger partial charge is 0.220 e. The van der Waals surface area contributed by atoms with Crippen LogP contribution >= 0.6 is 11.9 Å². The predicted octanol–water partition coefficient (Wildman–Crippen LogP) is 5.56. The number of carbonyl (C=O) groups excluding carboxylic acids is 1. The molecule has 1 atom stereocenters. The summed E-state index contributed by atoms with van der Waals surface area (Å²) in [5, 5.41) is 7.01. The lowest BCUT2D eigenvalue weighted by Crippen LogP contribution is -2.32. The van der Waals surface area contributed by atoms with Crippen molar-refractivity contribution in [2.24, 2.45) is 0 Å². The van der Waals surface area contributed by atoms with Crippen LogP contribution in [-0.4, -0.2) is 44.7 Å². The van der Waals surface area contributed by atoms with Crippen LogP contribution in [0.15, 0.2) is 22.7 Å². The topological polar surface area (TPSA) is 87.1 Å². The van der Waals surface area contributed by atoms with Gasteiger partial charge in [0.05, 0.1) is 22.8 Å². The number of aromatic amines is 1. The van der Waals surface area contributed by atoms with Crippen LogP contribution in [0.3, 0.4) is 0 Å². The Kier molecular flexibility index (Phi) is 8.75. The van der Waals surface area contributed by atoms with E-state index in [4.69, 9.17) is 4.52 Å². The van der Waals surface area contributed by atoms with Crippen molar-refractivity contribution < 1.29 is 9.32 Å². The summed E-state index contributed by atoms with van der Waals surface area (Å²) in [6, 6.07) is 6.05. The number of hydrogen-bond acceptors (Lipinski definition) is 6. The summed E-state index contributed by atoms with van der Waals surface area (Å²) in [6.45, 7) is 10.5. The number of carbonyl (C=O) groups is 1. The second-order valence-corrected chi connectivity index (χ2v) is 8.77. The van der Waals surface area contributed by atoms with Gasteiger partial charge in [0.1, 0.15) is 11.6 Å². The average molecular weight is 458 g/mol. The third-order valence-electron chi connectivity index (χ3n) is 5.71. The Morgan fingerprint density at radius 3 is 2.50 bits per heavy atom. The van der Waals surface area contributed by atoms with E-state index in [0.29, 0.717) is 6.42 Å². The van der Waals surface area contributed by atoms with Gasteiger partial charge in [0.2, 0.25) is 5.91 Å². The second kappa shape index (κ2) is 11.5. The van der Waals surface area contributed by atoms with Gasteiger partial charge in [-0.05, 0) is 63.5 Å². The molecular formula is C24H35N5O2S. The molecule has 0 spiro atoms. The highest BCUT2D eigenvalue weighted by Crippen LogP contribution is 2.30. The standard InChI is InChI=1S/C17H18N4O2.C5H11NS.C2H6/c1-9-16(10(2)23-21-9)11-6-7-12-14(8-11)20-17(19-12)13-4-3-5-15(22)18-13;1-7-6-4-2-3-5-6;1-2/h6-8,13H,3-5H2,1-2H3,(H,18,22)(H,19,20);2-5H2,1H3;1-2H3. The molecule has 3 aromatic rings. The first-order valence-electron chi connectivity index (χ1n) is 11.6. The van der Waals surface area contributed by atoms with Crippen LogP contribution in [0.25, 0.3) is 22.2 Å². The summed E-state index contributed by atoms with van der Waals surface area (Å²) in [6.07, 6.45) is 7.38. The van der Waals surface area contributed by atoms with E-state index in [1.54, 1.807) is 0 Å². The Labute approximate surface area is 194 Å². The maximum atomic E-state index is 11.6. The minimum absolute atomic E-state index is 0.0221. The van der Waals surface area contributed by atoms with Crippen molar-refractivity contribution in [3.8, 4) is 11.1 Å². The lowest BCUT2D eigenvalue weighted by Gasteiger charge is -2.20. The van der Waals surface area contributed by atoms with Gasteiger partial charge in [-0.1, -0.05) is 37.0 Å². The Morgan fingerprint density at radius 2 is 1.91 bits per heavy atom. The molecule has 8 heteroatoms. The quantitative estimate of drug-likeness (QED) is 0.501. The summed E-state index contributed by atoms with van der Waals surface area (Å²) in [4.78, 5) is 19.6. The molecule has 1 unspecified atom stereocenters. The second-order valence-electron chi connectivity index (χ2n) is 7.88. The third-order valence-corrected chi connectivity index (χ3v) is 6.59. The van der Waals surface area contributed by atoms with Crippen LogP contribution in [0.2, 0.25) is 0 Å². The number of aryl methyl sites for hydroxylation is 2. The molecule has 2 aliphatic heterocycles. The number of nitrogens with one attached hydrogen (secondary N) is 2. The molecule has 0 saturated carbocycles. The third kappa shape index (κ3) is 5.72. The molecule has 174 valence electrons. The molecule has 0 radical (unpaired) electrons. The van der Waals surface area contributed by atoms with Gasteiger partial charge >= 0.3 is 0 Å². The zero-order valence-corrected chi connectivity index (χ0v) is 20.6. The average Bonchev–Trinajstić information content (AvgIpc) is 3.55. The van der Waals surface area contributed by atoms with Crippen LogP contribution in [-0.2, 0) is 4.79 Å². The minimum Gasteiger partial charge on any atom is -0.361 e. The molecule has 0 bridgehead atoms. The van der Waals surface area contributed by atoms with Gasteiger partial charge in [-0.25, -0.2) is 4.98 Å². The van der Waals surface area contributed by atoms with E-state index >= 15 is 0 Å². The molecular weight excluding hydrogens is 422 g/mol. The summed E-state index contributed by atoms with van der Waals surface area (Å²) >= 11 is 1.87. The lowest BCUT2D eigenvalue weighted by atomic mass is 10.0. The fourth-order valence-electron chi connectivity index (χ4n) is 4.13. The van der Waals surface area contributed by atoms with Gasteiger partial charge in [-0.2, -0.15) is 0 Å². The van der Waals surface area contributed by atoms with E-state index < -0.39 is 0 Å². The van der Waals surface area contributed by atoms with E-state index in [1.807, 2.05) is 51.8 Å². The first-order chi connectivity index (χ1) is 15.5. The molecule has 2 N–H and O–H groups in total. The fourth-order valence-corrected chi connectivity index (χ4v) is 4.75. The molecule has 7 nitrogen and oxygen atoms in total. The molecule has 0 aliphatic carbocycles. The van der Waals surface area contributed by atoms with Crippen LogP contribution in [0, 0.1) is 13.8 Å². The zero-order chi connectivity index (χ0) is 23.1. The molecule has 4 heterocycles. The Bertz CT molecular complexity index is 1000. The van der Waals surface area contributed by atoms with Gasteiger partial charge in [0.15, 0.2) is 0 Å². The maximum Gasteiger partial charge on any atom is 0.220 e. The minimum atomic E-state index is -0.0221. The van der Waals surface area contributed by atoms with Crippen molar-refractivity contribution in [2.45, 2.75) is 65.8 Å². The van der Waals surface area contributed by atoms with E-state index in [-0.39, 0.29) is 11.9 Å². The molecule has 1 aromatic carbocycles. The fraction of sp³-hybridized carbons (Fsp3) is 0.542. The first kappa shape index (κ1) is 24.3. The Morgan fingerprint density at radius 1 is 1.16 bits per heavy atom. The van der Waals surface area contributed by atoms with E-state index in [0.717, 1.165) is 52.3 Å². The Balaban J connectivity index is 0.000000272. The van der Waals surface area contributed by atoms with E-state index in [2.05, 4.69) is 37.1 Å². The number of aromatic nitrogens is 3. The Hall–Kier alpha value is -2.32. The largest absolute Gasteiger partial charge is 0.361 e. The number of rotatable bonds is 3. The summed E-state index contributed by atoms with van der Waals surface area (Å²) in [5.74, 6) is 1.73. The summed E-state index contributed by atoms with van der Waals surface area (Å²) in [7, 11) is 0. The highest BCUT2D eigenvalue weighted by molar-refractivity contribution is 7.96. The van der Waals surface area contributed by atoms with Crippen LogP contribution in [0.4, 0.5) is 0 Å². The molecule has 2 saturated heterocycles. The zero-order valence-electron chi connectivity index (χ0n) is 19.8. The molecule has 5 rings (SSSR count). The first-order valence-corrected chi connectivity index (χ1v) is 12.7. The normalized spacial score (nSPS) is 18.5. The lowest BCUT2D eigenvalue weighted by molar-refractivity contribution is -0.123. The number of piperidine rings is 1. The number of benzene rings is 1. The van der Waals surface area contributed by atoms with Gasteiger partial charge in [0, 0.05) is 25.1 Å². The van der Waals surface area contributed by atoms with E-state index in [1.165, 1.54) is 25.9 Å². The molecule has 2 aliphatic rings. The highest BCUT2D eigenvalue weighted by atomic mass is 32.2. The number of nitrogens with zero attached hydrogens (tertiary/aromatic N) is 3. The SMILES string of the molecule is CC.CSN1CCCC1.Cc1noc(C)c1-c1ccc2nc(C3CCCC(=O)N3)[nH]c2c1. The van der Waals surface area contributed by atoms with Crippen molar-refractivity contribution in [1.29, 1.82) is 0 Å².